The maximum atomic E-state index is 13.7. The molecule has 5 nitrogen and oxygen atoms in total. The van der Waals surface area contributed by atoms with E-state index in [9.17, 15) is 9.59 Å². The van der Waals surface area contributed by atoms with Crippen LogP contribution in [0.25, 0.3) is 10.9 Å². The number of hydrogen-bond donors (Lipinski definition) is 3. The van der Waals surface area contributed by atoms with Crippen molar-refractivity contribution in [1.82, 2.24) is 4.98 Å². The molecule has 0 radical (unpaired) electrons. The van der Waals surface area contributed by atoms with Gasteiger partial charge in [-0.3, -0.25) is 9.59 Å². The highest BCUT2D eigenvalue weighted by molar-refractivity contribution is 6.10. The number of carbonyl (C=O) groups excluding carboxylic acids is 2. The summed E-state index contributed by atoms with van der Waals surface area (Å²) in [7, 11) is 1.90. The number of nitrogens with one attached hydrogen (secondary N) is 3. The van der Waals surface area contributed by atoms with Gasteiger partial charge in [-0.2, -0.15) is 0 Å². The van der Waals surface area contributed by atoms with Gasteiger partial charge in [0, 0.05) is 33.9 Å². The molecule has 0 saturated heterocycles. The van der Waals surface area contributed by atoms with Gasteiger partial charge in [0.1, 0.15) is 0 Å². The Kier molecular flexibility index (Phi) is 6.47. The number of aromatic nitrogens is 1. The summed E-state index contributed by atoms with van der Waals surface area (Å²) in [5, 5.41) is 3.92. The molecule has 32 heavy (non-hydrogen) atoms. The summed E-state index contributed by atoms with van der Waals surface area (Å²) >= 11 is 0. The van der Waals surface area contributed by atoms with E-state index in [4.69, 9.17) is 0 Å². The van der Waals surface area contributed by atoms with Crippen LogP contribution in [-0.2, 0) is 11.2 Å². The third-order valence-corrected chi connectivity index (χ3v) is 5.85. The molecule has 4 rings (SSSR count). The number of aryl methyl sites for hydroxylation is 1. The predicted molar refractivity (Wildman–Crippen MR) is 128 cm³/mol. The molecule has 0 saturated carbocycles. The first-order valence-corrected chi connectivity index (χ1v) is 10.9. The summed E-state index contributed by atoms with van der Waals surface area (Å²) in [6.07, 6.45) is 2.61. The Labute approximate surface area is 188 Å². The Hall–Kier alpha value is -3.70. The molecular formula is C27H28N3O2+. The number of para-hydroxylation sites is 2. The zero-order valence-corrected chi connectivity index (χ0v) is 18.4. The Bertz CT molecular complexity index is 1230. The Balaban J connectivity index is 1.60. The van der Waals surface area contributed by atoms with E-state index in [-0.39, 0.29) is 18.2 Å². The molecule has 162 valence electrons. The highest BCUT2D eigenvalue weighted by Crippen LogP contribution is 2.23. The summed E-state index contributed by atoms with van der Waals surface area (Å²) in [4.78, 5) is 30.6. The lowest BCUT2D eigenvalue weighted by atomic mass is 9.96. The highest BCUT2D eigenvalue weighted by Gasteiger charge is 2.32. The van der Waals surface area contributed by atoms with E-state index in [0.717, 1.165) is 39.0 Å². The maximum absolute atomic E-state index is 13.7. The van der Waals surface area contributed by atoms with Crippen molar-refractivity contribution in [2.24, 2.45) is 0 Å². The largest absolute Gasteiger partial charge is 0.360 e. The number of benzene rings is 3. The van der Waals surface area contributed by atoms with Crippen LogP contribution < -0.4 is 10.2 Å². The molecule has 0 bridgehead atoms. The Morgan fingerprint density at radius 2 is 1.62 bits per heavy atom. The average molecular weight is 427 g/mol. The minimum absolute atomic E-state index is 0.00657. The Morgan fingerprint density at radius 1 is 0.938 bits per heavy atom. The van der Waals surface area contributed by atoms with E-state index in [1.165, 1.54) is 0 Å². The van der Waals surface area contributed by atoms with Gasteiger partial charge < -0.3 is 15.2 Å². The fourth-order valence-electron chi connectivity index (χ4n) is 4.24. The normalized spacial score (nSPS) is 12.9. The second-order valence-electron chi connectivity index (χ2n) is 8.04. The summed E-state index contributed by atoms with van der Waals surface area (Å²) in [5.41, 5.74) is 4.38. The number of Topliss-reactive ketones (excluding diaryl/α,β-unsaturated/α-hetero) is 1. The molecule has 0 aliphatic heterocycles. The summed E-state index contributed by atoms with van der Waals surface area (Å²) in [5.74, 6) is -0.121. The van der Waals surface area contributed by atoms with Crippen molar-refractivity contribution in [1.29, 1.82) is 0 Å². The number of amides is 1. The minimum atomic E-state index is -0.498. The molecule has 4 aromatic rings. The van der Waals surface area contributed by atoms with Crippen molar-refractivity contribution in [2.75, 3.05) is 18.9 Å². The molecule has 1 unspecified atom stereocenters. The quantitative estimate of drug-likeness (QED) is 0.375. The lowest BCUT2D eigenvalue weighted by Gasteiger charge is -2.24. The van der Waals surface area contributed by atoms with Gasteiger partial charge in [-0.05, 0) is 24.1 Å². The Morgan fingerprint density at radius 3 is 2.41 bits per heavy atom. The topological polar surface area (TPSA) is 66.4 Å². The first-order chi connectivity index (χ1) is 15.6. The number of H-pyrrole nitrogens is 1. The SMILES string of the molecule is CCc1ccccc1NC(=O)C[NH+](C)[C@@H](C(=O)c1c[nH]c2ccccc12)c1ccccc1. The fourth-order valence-corrected chi connectivity index (χ4v) is 4.24. The van der Waals surface area contributed by atoms with Gasteiger partial charge in [0.05, 0.1) is 7.05 Å². The van der Waals surface area contributed by atoms with E-state index in [0.29, 0.717) is 5.56 Å². The number of aromatic amines is 1. The van der Waals surface area contributed by atoms with Gasteiger partial charge in [-0.15, -0.1) is 0 Å². The lowest BCUT2D eigenvalue weighted by Crippen LogP contribution is -3.11. The van der Waals surface area contributed by atoms with Crippen LogP contribution in [0.15, 0.2) is 85.1 Å². The van der Waals surface area contributed by atoms with Crippen molar-refractivity contribution in [3.8, 4) is 0 Å². The van der Waals surface area contributed by atoms with Crippen LogP contribution >= 0.6 is 0 Å². The predicted octanol–water partition coefficient (Wildman–Crippen LogP) is 3.81. The van der Waals surface area contributed by atoms with Gasteiger partial charge in [-0.1, -0.05) is 73.7 Å². The van der Waals surface area contributed by atoms with Crippen molar-refractivity contribution >= 4 is 28.3 Å². The van der Waals surface area contributed by atoms with Crippen molar-refractivity contribution in [3.63, 3.8) is 0 Å². The lowest BCUT2D eigenvalue weighted by molar-refractivity contribution is -0.893. The van der Waals surface area contributed by atoms with Crippen LogP contribution in [0.3, 0.4) is 0 Å². The highest BCUT2D eigenvalue weighted by atomic mass is 16.2. The molecule has 3 aromatic carbocycles. The number of rotatable bonds is 8. The monoisotopic (exact) mass is 426 g/mol. The molecule has 0 aliphatic rings. The third kappa shape index (κ3) is 4.48. The molecule has 5 heteroatoms. The van der Waals surface area contributed by atoms with Crippen molar-refractivity contribution in [2.45, 2.75) is 19.4 Å². The number of anilines is 1. The summed E-state index contributed by atoms with van der Waals surface area (Å²) < 4.78 is 0. The van der Waals surface area contributed by atoms with Gasteiger partial charge in [0.25, 0.3) is 5.91 Å². The molecule has 0 spiro atoms. The van der Waals surface area contributed by atoms with Crippen LogP contribution in [0.2, 0.25) is 0 Å². The number of likely N-dealkylation sites (N-methyl/N-ethyl adjacent to an activating group) is 1. The zero-order chi connectivity index (χ0) is 22.5. The van der Waals surface area contributed by atoms with Gasteiger partial charge in [0.2, 0.25) is 5.78 Å². The number of fused-ring (bicyclic) bond motifs is 1. The second kappa shape index (κ2) is 9.62. The van der Waals surface area contributed by atoms with Crippen LogP contribution in [0.1, 0.15) is 34.5 Å². The third-order valence-electron chi connectivity index (χ3n) is 5.85. The van der Waals surface area contributed by atoms with E-state index in [2.05, 4.69) is 17.2 Å². The molecule has 0 aliphatic carbocycles. The van der Waals surface area contributed by atoms with E-state index in [1.54, 1.807) is 6.20 Å². The summed E-state index contributed by atoms with van der Waals surface area (Å²) in [6.45, 7) is 2.24. The first-order valence-electron chi connectivity index (χ1n) is 10.9. The van der Waals surface area contributed by atoms with Crippen LogP contribution in [0, 0.1) is 0 Å². The van der Waals surface area contributed by atoms with Crippen LogP contribution in [0.4, 0.5) is 5.69 Å². The molecule has 1 aromatic heterocycles. The van der Waals surface area contributed by atoms with Crippen molar-refractivity contribution in [3.05, 3.63) is 102 Å². The number of carbonyl (C=O) groups is 2. The van der Waals surface area contributed by atoms with Crippen molar-refractivity contribution < 1.29 is 14.5 Å². The molecule has 1 amide bonds. The van der Waals surface area contributed by atoms with Crippen LogP contribution in [0.5, 0.6) is 0 Å². The molecular weight excluding hydrogens is 398 g/mol. The van der Waals surface area contributed by atoms with E-state index >= 15 is 0 Å². The summed E-state index contributed by atoms with van der Waals surface area (Å²) in [6, 6.07) is 24.8. The minimum Gasteiger partial charge on any atom is -0.360 e. The average Bonchev–Trinajstić information content (AvgIpc) is 3.24. The standard InChI is InChI=1S/C27H27N3O2/c1-3-19-11-7-9-15-23(19)29-25(31)18-30(2)26(20-12-5-4-6-13-20)27(32)22-17-28-24-16-10-8-14-21(22)24/h4-17,26,28H,3,18H2,1-2H3,(H,29,31)/p+1/t26-/m1/s1. The fraction of sp³-hybridized carbons (Fsp3) is 0.185. The number of quaternary nitrogens is 1. The first kappa shape index (κ1) is 21.5. The number of ketones is 1. The van der Waals surface area contributed by atoms with Gasteiger partial charge in [-0.25, -0.2) is 0 Å². The smallest absolute Gasteiger partial charge is 0.279 e. The van der Waals surface area contributed by atoms with Crippen LogP contribution in [-0.4, -0.2) is 30.3 Å². The molecule has 0 fully saturated rings. The van der Waals surface area contributed by atoms with Gasteiger partial charge >= 0.3 is 0 Å². The maximum Gasteiger partial charge on any atom is 0.279 e. The molecule has 3 N–H and O–H groups in total. The molecule has 1 heterocycles. The zero-order valence-electron chi connectivity index (χ0n) is 18.4. The second-order valence-corrected chi connectivity index (χ2v) is 8.04. The van der Waals surface area contributed by atoms with E-state index < -0.39 is 6.04 Å². The number of hydrogen-bond acceptors (Lipinski definition) is 2. The molecule has 2 atom stereocenters. The van der Waals surface area contributed by atoms with E-state index in [1.807, 2.05) is 85.9 Å². The van der Waals surface area contributed by atoms with Gasteiger partial charge in [0.15, 0.2) is 12.6 Å².